The summed E-state index contributed by atoms with van der Waals surface area (Å²) in [6, 6.07) is 15.4. The maximum Gasteiger partial charge on any atom is 0.322 e. The third kappa shape index (κ3) is 5.80. The number of amides is 4. The normalized spacial score (nSPS) is 21.2. The molecule has 4 amide bonds. The van der Waals surface area contributed by atoms with Gasteiger partial charge in [-0.2, -0.15) is 0 Å². The lowest BCUT2D eigenvalue weighted by atomic mass is 9.94. The number of nitrogens with one attached hydrogen (secondary N) is 1. The number of anilines is 1. The molecule has 0 bridgehead atoms. The number of carbonyl (C=O) groups excluding carboxylic acids is 3. The van der Waals surface area contributed by atoms with Gasteiger partial charge in [0.25, 0.3) is 5.91 Å². The van der Waals surface area contributed by atoms with Crippen LogP contribution in [0.4, 0.5) is 10.5 Å². The monoisotopic (exact) mass is 504 g/mol. The van der Waals surface area contributed by atoms with Crippen LogP contribution >= 0.6 is 0 Å². The van der Waals surface area contributed by atoms with Gasteiger partial charge in [0.1, 0.15) is 6.54 Å². The number of ether oxygens (including phenoxy) is 1. The van der Waals surface area contributed by atoms with Crippen LogP contribution in [0.1, 0.15) is 53.6 Å². The highest BCUT2D eigenvalue weighted by Gasteiger charge is 2.35. The molecule has 1 N–H and O–H groups in total. The molecule has 1 saturated carbocycles. The highest BCUT2D eigenvalue weighted by molar-refractivity contribution is 6.00. The van der Waals surface area contributed by atoms with Crippen LogP contribution in [0.2, 0.25) is 0 Å². The summed E-state index contributed by atoms with van der Waals surface area (Å²) < 4.78 is 6.32. The average Bonchev–Trinajstić information content (AvgIpc) is 3.27. The first kappa shape index (κ1) is 25.3. The second-order valence-corrected chi connectivity index (χ2v) is 10.3. The average molecular weight is 505 g/mol. The molecule has 0 aromatic heterocycles. The number of nitrogens with zero attached hydrogens (tertiary/aromatic N) is 3. The number of benzene rings is 2. The van der Waals surface area contributed by atoms with Crippen molar-refractivity contribution in [3.63, 3.8) is 0 Å². The highest BCUT2D eigenvalue weighted by atomic mass is 16.5. The van der Waals surface area contributed by atoms with Gasteiger partial charge in [0, 0.05) is 43.5 Å². The molecule has 0 radical (unpaired) electrons. The molecule has 1 aliphatic carbocycles. The van der Waals surface area contributed by atoms with Crippen molar-refractivity contribution in [2.45, 2.75) is 57.8 Å². The number of urea groups is 1. The van der Waals surface area contributed by atoms with Gasteiger partial charge in [-0.15, -0.1) is 0 Å². The van der Waals surface area contributed by atoms with Crippen molar-refractivity contribution in [1.29, 1.82) is 0 Å². The summed E-state index contributed by atoms with van der Waals surface area (Å²) in [5.41, 5.74) is 3.18. The molecule has 3 fully saturated rings. The van der Waals surface area contributed by atoms with Crippen LogP contribution in [0.5, 0.6) is 0 Å². The van der Waals surface area contributed by atoms with Gasteiger partial charge in [0.05, 0.1) is 12.7 Å². The third-order valence-corrected chi connectivity index (χ3v) is 7.71. The lowest BCUT2D eigenvalue weighted by Crippen LogP contribution is -2.46. The minimum absolute atomic E-state index is 0.0164. The van der Waals surface area contributed by atoms with E-state index in [1.165, 1.54) is 6.42 Å². The summed E-state index contributed by atoms with van der Waals surface area (Å²) >= 11 is 0. The van der Waals surface area contributed by atoms with E-state index in [-0.39, 0.29) is 36.5 Å². The fraction of sp³-hybridized carbons (Fsp3) is 0.483. The topological polar surface area (TPSA) is 82.2 Å². The van der Waals surface area contributed by atoms with E-state index in [1.807, 2.05) is 48.2 Å². The zero-order valence-electron chi connectivity index (χ0n) is 21.5. The van der Waals surface area contributed by atoms with Crippen molar-refractivity contribution < 1.29 is 19.1 Å². The number of hydrogen-bond donors (Lipinski definition) is 1. The van der Waals surface area contributed by atoms with Gasteiger partial charge in [-0.1, -0.05) is 55.7 Å². The molecule has 8 heteroatoms. The second-order valence-electron chi connectivity index (χ2n) is 10.3. The predicted molar refractivity (Wildman–Crippen MR) is 141 cm³/mol. The first-order chi connectivity index (χ1) is 18.0. The first-order valence-electron chi connectivity index (χ1n) is 13.4. The van der Waals surface area contributed by atoms with Crippen molar-refractivity contribution in [2.75, 3.05) is 37.6 Å². The van der Waals surface area contributed by atoms with Crippen molar-refractivity contribution >= 4 is 23.5 Å². The summed E-state index contributed by atoms with van der Waals surface area (Å²) in [6.45, 7) is 4.37. The summed E-state index contributed by atoms with van der Waals surface area (Å²) in [5, 5.41) is 2.82. The van der Waals surface area contributed by atoms with Crippen molar-refractivity contribution in [3.8, 4) is 0 Å². The Morgan fingerprint density at radius 1 is 1.03 bits per heavy atom. The molecule has 2 aromatic carbocycles. The molecule has 3 aliphatic rings. The lowest BCUT2D eigenvalue weighted by Gasteiger charge is -2.34. The molecule has 5 rings (SSSR count). The van der Waals surface area contributed by atoms with E-state index >= 15 is 0 Å². The zero-order valence-corrected chi connectivity index (χ0v) is 21.5. The Bertz CT molecular complexity index is 1130. The predicted octanol–water partition coefficient (Wildman–Crippen LogP) is 3.73. The van der Waals surface area contributed by atoms with Crippen LogP contribution in [-0.4, -0.2) is 72.5 Å². The van der Waals surface area contributed by atoms with Crippen molar-refractivity contribution in [2.24, 2.45) is 0 Å². The number of hydrogen-bond acceptors (Lipinski definition) is 4. The Morgan fingerprint density at radius 3 is 2.54 bits per heavy atom. The van der Waals surface area contributed by atoms with Crippen molar-refractivity contribution in [3.05, 3.63) is 65.2 Å². The maximum absolute atomic E-state index is 13.7. The molecule has 2 saturated heterocycles. The maximum atomic E-state index is 13.7. The van der Waals surface area contributed by atoms with E-state index in [9.17, 15) is 14.4 Å². The van der Waals surface area contributed by atoms with Gasteiger partial charge in [-0.3, -0.25) is 14.5 Å². The Balaban J connectivity index is 1.37. The molecule has 1 atom stereocenters. The Labute approximate surface area is 218 Å². The van der Waals surface area contributed by atoms with E-state index in [1.54, 1.807) is 21.9 Å². The van der Waals surface area contributed by atoms with Gasteiger partial charge in [0.2, 0.25) is 5.91 Å². The second kappa shape index (κ2) is 11.3. The molecule has 2 aromatic rings. The molecule has 0 unspecified atom stereocenters. The molecule has 8 nitrogen and oxygen atoms in total. The Kier molecular flexibility index (Phi) is 7.74. The first-order valence-corrected chi connectivity index (χ1v) is 13.4. The zero-order chi connectivity index (χ0) is 25.8. The van der Waals surface area contributed by atoms with Gasteiger partial charge < -0.3 is 19.9 Å². The van der Waals surface area contributed by atoms with Crippen LogP contribution in [0.15, 0.2) is 48.5 Å². The quantitative estimate of drug-likeness (QED) is 0.650. The minimum Gasteiger partial charge on any atom is -0.370 e. The fourth-order valence-electron chi connectivity index (χ4n) is 5.65. The summed E-state index contributed by atoms with van der Waals surface area (Å²) in [4.78, 5) is 44.7. The molecule has 37 heavy (non-hydrogen) atoms. The standard InChI is InChI=1S/C29H36N4O4/c1-21-12-13-23(16-26(21)32-15-14-30-29(32)36)28(35)31-17-25(37-20-22-8-4-2-5-9-22)18-33(27(34)19-31)24-10-6-3-7-11-24/h2,4-5,8-9,12-13,16,24-25H,3,6-7,10-11,14-15,17-20H2,1H3,(H,30,36)/t25-/m0/s1. The molecular formula is C29H36N4O4. The van der Waals surface area contributed by atoms with Crippen LogP contribution < -0.4 is 10.2 Å². The fourth-order valence-corrected chi connectivity index (χ4v) is 5.65. The number of rotatable bonds is 6. The molecule has 0 spiro atoms. The van der Waals surface area contributed by atoms with Gasteiger partial charge in [0.15, 0.2) is 0 Å². The molecule has 196 valence electrons. The highest BCUT2D eigenvalue weighted by Crippen LogP contribution is 2.27. The summed E-state index contributed by atoms with van der Waals surface area (Å²) in [5.74, 6) is -0.231. The van der Waals surface area contributed by atoms with Crippen LogP contribution in [-0.2, 0) is 16.1 Å². The summed E-state index contributed by atoms with van der Waals surface area (Å²) in [7, 11) is 0. The third-order valence-electron chi connectivity index (χ3n) is 7.71. The molecular weight excluding hydrogens is 468 g/mol. The lowest BCUT2D eigenvalue weighted by molar-refractivity contribution is -0.134. The molecule has 2 heterocycles. The van der Waals surface area contributed by atoms with Crippen molar-refractivity contribution in [1.82, 2.24) is 15.1 Å². The van der Waals surface area contributed by atoms with E-state index in [2.05, 4.69) is 5.32 Å². The number of aryl methyl sites for hydroxylation is 1. The molecule has 2 aliphatic heterocycles. The van der Waals surface area contributed by atoms with E-state index in [4.69, 9.17) is 4.74 Å². The smallest absolute Gasteiger partial charge is 0.322 e. The van der Waals surface area contributed by atoms with E-state index in [0.29, 0.717) is 38.3 Å². The van der Waals surface area contributed by atoms with Crippen LogP contribution in [0.3, 0.4) is 0 Å². The van der Waals surface area contributed by atoms with Crippen LogP contribution in [0.25, 0.3) is 0 Å². The van der Waals surface area contributed by atoms with Crippen LogP contribution in [0, 0.1) is 6.92 Å². The van der Waals surface area contributed by atoms with E-state index in [0.717, 1.165) is 42.5 Å². The van der Waals surface area contributed by atoms with Gasteiger partial charge in [-0.05, 0) is 43.0 Å². The number of carbonyl (C=O) groups is 3. The Hall–Kier alpha value is -3.39. The largest absolute Gasteiger partial charge is 0.370 e. The van der Waals surface area contributed by atoms with E-state index < -0.39 is 0 Å². The Morgan fingerprint density at radius 2 is 1.81 bits per heavy atom. The van der Waals surface area contributed by atoms with Gasteiger partial charge in [-0.25, -0.2) is 4.79 Å². The SMILES string of the molecule is Cc1ccc(C(=O)N2CC(=O)N(C3CCCCC3)C[C@@H](OCc3ccccc3)C2)cc1N1CCNC1=O. The minimum atomic E-state index is -0.285. The van der Waals surface area contributed by atoms with Gasteiger partial charge >= 0.3 is 6.03 Å². The summed E-state index contributed by atoms with van der Waals surface area (Å²) in [6.07, 6.45) is 5.19.